The zero-order chi connectivity index (χ0) is 33.7. The summed E-state index contributed by atoms with van der Waals surface area (Å²) in [5, 5.41) is 33.9. The lowest BCUT2D eigenvalue weighted by atomic mass is 9.97. The molecule has 3 atom stereocenters. The Morgan fingerprint density at radius 1 is 0.854 bits per heavy atom. The van der Waals surface area contributed by atoms with E-state index in [1.165, 1.54) is 18.0 Å². The molecule has 2 amide bonds. The number of amides is 2. The molecule has 5 rings (SSSR count). The number of aliphatic hydroxyl groups excluding tert-OH is 1. The molecule has 11 heteroatoms. The number of ether oxygens (including phenoxy) is 2. The van der Waals surface area contributed by atoms with Gasteiger partial charge < -0.3 is 25.1 Å². The zero-order valence-electron chi connectivity index (χ0n) is 26.6. The molecule has 0 aliphatic carbocycles. The van der Waals surface area contributed by atoms with Crippen LogP contribution in [0.25, 0.3) is 11.1 Å². The largest absolute Gasteiger partial charge is 0.618 e. The second-order valence-corrected chi connectivity index (χ2v) is 12.7. The van der Waals surface area contributed by atoms with Crippen LogP contribution in [0.2, 0.25) is 0 Å². The van der Waals surface area contributed by atoms with Gasteiger partial charge in [-0.3, -0.25) is 14.8 Å². The van der Waals surface area contributed by atoms with E-state index in [9.17, 15) is 19.9 Å². The second-order valence-electron chi connectivity index (χ2n) is 11.7. The molecule has 252 valence electrons. The fourth-order valence-electron chi connectivity index (χ4n) is 5.59. The summed E-state index contributed by atoms with van der Waals surface area (Å²) in [5.74, 6) is 0.109. The molecule has 1 aliphatic rings. The standard InChI is InChI=1S/C37H41N3O7S/c41-24-26-13-15-28(16-14-26)33-22-31(25-48-36-12-6-7-21-40(36)45)46-37(47-33)29-19-17-27(18-20-29)32-9-5-4-8-30(32)23-38-34(42)10-2-1-3-11-35(43)39-44/h4-9,12-21,31,33,37,41,44H,1-3,10-11,22-25H2,(H,38,42)(H,39,43)/t31-,33+,37+/m0/s1. The summed E-state index contributed by atoms with van der Waals surface area (Å²) in [6, 6.07) is 29.1. The number of rotatable bonds is 15. The van der Waals surface area contributed by atoms with E-state index in [-0.39, 0.29) is 31.1 Å². The average Bonchev–Trinajstić information content (AvgIpc) is 3.13. The van der Waals surface area contributed by atoms with Crippen molar-refractivity contribution in [3.63, 3.8) is 0 Å². The first-order valence-electron chi connectivity index (χ1n) is 16.1. The molecule has 0 saturated carbocycles. The lowest BCUT2D eigenvalue weighted by molar-refractivity contribution is -0.645. The molecule has 1 fully saturated rings. The average molecular weight is 672 g/mol. The first-order chi connectivity index (χ1) is 23.4. The van der Waals surface area contributed by atoms with Crippen LogP contribution in [0.1, 0.15) is 73.2 Å². The van der Waals surface area contributed by atoms with Crippen molar-refractivity contribution in [3.8, 4) is 11.1 Å². The summed E-state index contributed by atoms with van der Waals surface area (Å²) in [6.45, 7) is 0.360. The third-order valence-electron chi connectivity index (χ3n) is 8.24. The highest BCUT2D eigenvalue weighted by molar-refractivity contribution is 7.99. The molecule has 10 nitrogen and oxygen atoms in total. The van der Waals surface area contributed by atoms with Crippen molar-refractivity contribution in [1.82, 2.24) is 10.8 Å². The fraction of sp³-hybridized carbons (Fsp3) is 0.324. The predicted octanol–water partition coefficient (Wildman–Crippen LogP) is 5.89. The van der Waals surface area contributed by atoms with Crippen LogP contribution >= 0.6 is 11.8 Å². The first kappa shape index (κ1) is 35.1. The van der Waals surface area contributed by atoms with Crippen molar-refractivity contribution in [2.45, 2.75) is 75.2 Å². The topological polar surface area (TPSA) is 144 Å². The van der Waals surface area contributed by atoms with Gasteiger partial charge in [-0.15, -0.1) is 0 Å². The monoisotopic (exact) mass is 671 g/mol. The van der Waals surface area contributed by atoms with Gasteiger partial charge >= 0.3 is 0 Å². The molecular formula is C37H41N3O7S. The summed E-state index contributed by atoms with van der Waals surface area (Å²) >= 11 is 1.45. The van der Waals surface area contributed by atoms with Gasteiger partial charge in [0.15, 0.2) is 12.5 Å². The van der Waals surface area contributed by atoms with E-state index in [0.29, 0.717) is 43.0 Å². The highest BCUT2D eigenvalue weighted by Crippen LogP contribution is 2.39. The summed E-state index contributed by atoms with van der Waals surface area (Å²) in [5.41, 5.74) is 7.30. The number of nitrogens with zero attached hydrogens (tertiary/aromatic N) is 1. The van der Waals surface area contributed by atoms with Gasteiger partial charge in [-0.25, -0.2) is 5.48 Å². The quantitative estimate of drug-likeness (QED) is 0.0306. The minimum absolute atomic E-state index is 0.0278. The van der Waals surface area contributed by atoms with Crippen LogP contribution in [0.3, 0.4) is 0 Å². The predicted molar refractivity (Wildman–Crippen MR) is 181 cm³/mol. The fourth-order valence-corrected chi connectivity index (χ4v) is 6.52. The second kappa shape index (κ2) is 17.8. The Labute approximate surface area is 284 Å². The molecule has 1 aliphatic heterocycles. The smallest absolute Gasteiger partial charge is 0.251 e. The van der Waals surface area contributed by atoms with Crippen molar-refractivity contribution < 1.29 is 34.1 Å². The molecule has 3 aromatic carbocycles. The number of pyridine rings is 1. The maximum Gasteiger partial charge on any atom is 0.251 e. The van der Waals surface area contributed by atoms with E-state index in [1.807, 2.05) is 78.9 Å². The van der Waals surface area contributed by atoms with Gasteiger partial charge in [0.05, 0.1) is 18.8 Å². The van der Waals surface area contributed by atoms with E-state index in [0.717, 1.165) is 44.5 Å². The van der Waals surface area contributed by atoms with E-state index >= 15 is 0 Å². The molecule has 4 aromatic rings. The van der Waals surface area contributed by atoms with Crippen LogP contribution in [-0.2, 0) is 32.2 Å². The van der Waals surface area contributed by atoms with Gasteiger partial charge in [0.1, 0.15) is 0 Å². The van der Waals surface area contributed by atoms with Crippen molar-refractivity contribution in [1.29, 1.82) is 0 Å². The highest BCUT2D eigenvalue weighted by atomic mass is 32.2. The SMILES string of the molecule is O=C(CCCCCC(=O)NCc1ccccc1-c1ccc([C@@H]2O[C@H](CSc3cccc[n+]3[O-])C[C@H](c3ccc(CO)cc3)O2)cc1)NO. The number of carbonyl (C=O) groups excluding carboxylic acids is 2. The van der Waals surface area contributed by atoms with Crippen LogP contribution < -0.4 is 15.5 Å². The number of thioether (sulfide) groups is 1. The minimum Gasteiger partial charge on any atom is -0.618 e. The molecule has 0 bridgehead atoms. The van der Waals surface area contributed by atoms with Gasteiger partial charge in [-0.1, -0.05) is 91.0 Å². The van der Waals surface area contributed by atoms with Crippen LogP contribution in [0.4, 0.5) is 0 Å². The van der Waals surface area contributed by atoms with E-state index in [1.54, 1.807) is 17.6 Å². The molecule has 0 spiro atoms. The van der Waals surface area contributed by atoms with Crippen molar-refractivity contribution in [2.75, 3.05) is 5.75 Å². The molecule has 0 radical (unpaired) electrons. The molecule has 4 N–H and O–H groups in total. The molecule has 2 heterocycles. The normalized spacial score (nSPS) is 17.5. The Morgan fingerprint density at radius 2 is 1.56 bits per heavy atom. The van der Waals surface area contributed by atoms with Crippen molar-refractivity contribution in [2.24, 2.45) is 0 Å². The molecule has 1 aromatic heterocycles. The van der Waals surface area contributed by atoms with Crippen LogP contribution in [0, 0.1) is 5.21 Å². The lowest BCUT2D eigenvalue weighted by Gasteiger charge is -2.36. The number of hydroxylamine groups is 1. The molecule has 1 saturated heterocycles. The zero-order valence-corrected chi connectivity index (χ0v) is 27.4. The number of hydrogen-bond donors (Lipinski definition) is 4. The van der Waals surface area contributed by atoms with Crippen LogP contribution in [-0.4, -0.2) is 34.0 Å². The van der Waals surface area contributed by atoms with Crippen LogP contribution in [0.5, 0.6) is 0 Å². The molecular weight excluding hydrogens is 630 g/mol. The number of nitrogens with one attached hydrogen (secondary N) is 2. The third-order valence-corrected chi connectivity index (χ3v) is 9.39. The Balaban J connectivity index is 1.24. The third kappa shape index (κ3) is 9.88. The first-order valence-corrected chi connectivity index (χ1v) is 17.1. The molecule has 48 heavy (non-hydrogen) atoms. The van der Waals surface area contributed by atoms with E-state index < -0.39 is 12.2 Å². The van der Waals surface area contributed by atoms with Gasteiger partial charge in [-0.05, 0) is 46.7 Å². The minimum atomic E-state index is -0.622. The number of aliphatic hydroxyl groups is 1. The van der Waals surface area contributed by atoms with E-state index in [2.05, 4.69) is 5.32 Å². The number of unbranched alkanes of at least 4 members (excludes halogenated alkanes) is 2. The molecule has 0 unspecified atom stereocenters. The summed E-state index contributed by atoms with van der Waals surface area (Å²) in [4.78, 5) is 23.6. The van der Waals surface area contributed by atoms with E-state index in [4.69, 9.17) is 14.7 Å². The van der Waals surface area contributed by atoms with Gasteiger partial charge in [0.25, 0.3) is 5.03 Å². The Bertz CT molecular complexity index is 1640. The van der Waals surface area contributed by atoms with Crippen molar-refractivity contribution in [3.05, 3.63) is 125 Å². The van der Waals surface area contributed by atoms with Gasteiger partial charge in [-0.2, -0.15) is 4.73 Å². The summed E-state index contributed by atoms with van der Waals surface area (Å²) in [7, 11) is 0. The Morgan fingerprint density at radius 3 is 2.29 bits per heavy atom. The number of benzene rings is 3. The van der Waals surface area contributed by atoms with Crippen molar-refractivity contribution >= 4 is 23.6 Å². The summed E-state index contributed by atoms with van der Waals surface area (Å²) in [6.07, 6.45) is 3.68. The summed E-state index contributed by atoms with van der Waals surface area (Å²) < 4.78 is 13.8. The van der Waals surface area contributed by atoms with Gasteiger partial charge in [0, 0.05) is 49.3 Å². The Hall–Kier alpha value is -4.26. The lowest BCUT2D eigenvalue weighted by Crippen LogP contribution is -2.32. The number of hydrogen-bond acceptors (Lipinski definition) is 8. The van der Waals surface area contributed by atoms with Gasteiger partial charge in [0.2, 0.25) is 11.8 Å². The maximum absolute atomic E-state index is 12.5. The van der Waals surface area contributed by atoms with Crippen LogP contribution in [0.15, 0.2) is 102 Å². The Kier molecular flexibility index (Phi) is 13.0. The maximum atomic E-state index is 12.5. The number of carbonyl (C=O) groups is 2. The number of aromatic nitrogens is 1. The highest BCUT2D eigenvalue weighted by Gasteiger charge is 2.32.